The molecule has 168 valence electrons. The van der Waals surface area contributed by atoms with E-state index in [1.807, 2.05) is 6.07 Å². The number of thiophene rings is 1. The molecule has 2 aromatic rings. The van der Waals surface area contributed by atoms with Gasteiger partial charge in [-0.15, -0.1) is 23.7 Å². The van der Waals surface area contributed by atoms with Crippen molar-refractivity contribution in [2.75, 3.05) is 19.2 Å². The monoisotopic (exact) mass is 466 g/mol. The number of ether oxygens (including phenoxy) is 3. The van der Waals surface area contributed by atoms with Crippen molar-refractivity contribution in [1.82, 2.24) is 5.32 Å². The van der Waals surface area contributed by atoms with E-state index in [0.717, 1.165) is 16.0 Å². The van der Waals surface area contributed by atoms with Gasteiger partial charge >= 0.3 is 5.97 Å². The molecule has 7 nitrogen and oxygen atoms in total. The van der Waals surface area contributed by atoms with Crippen molar-refractivity contribution in [3.63, 3.8) is 0 Å². The molecule has 31 heavy (non-hydrogen) atoms. The number of halogens is 1. The Morgan fingerprint density at radius 1 is 1.19 bits per heavy atom. The largest absolute Gasteiger partial charge is 0.465 e. The highest BCUT2D eigenvalue weighted by atomic mass is 35.5. The van der Waals surface area contributed by atoms with Crippen LogP contribution in [0.1, 0.15) is 54.1 Å². The number of nitrogens with one attached hydrogen (secondary N) is 2. The second kappa shape index (κ2) is 8.33. The Bertz CT molecular complexity index is 1030. The molecular formula is C22H27ClN2O5S. The summed E-state index contributed by atoms with van der Waals surface area (Å²) in [4.78, 5) is 26.5. The van der Waals surface area contributed by atoms with Gasteiger partial charge in [0.2, 0.25) is 12.7 Å². The van der Waals surface area contributed by atoms with Crippen LogP contribution in [0, 0.1) is 0 Å². The van der Waals surface area contributed by atoms with Crippen LogP contribution in [0.15, 0.2) is 18.2 Å². The summed E-state index contributed by atoms with van der Waals surface area (Å²) in [5.74, 6) is 0.676. The maximum atomic E-state index is 12.8. The number of esters is 1. The highest BCUT2D eigenvalue weighted by Gasteiger charge is 2.42. The molecule has 0 saturated heterocycles. The predicted octanol–water partition coefficient (Wildman–Crippen LogP) is 4.03. The summed E-state index contributed by atoms with van der Waals surface area (Å²) in [5, 5.41) is 7.10. The Labute approximate surface area is 191 Å². The quantitative estimate of drug-likeness (QED) is 0.662. The van der Waals surface area contributed by atoms with Gasteiger partial charge in [-0.1, -0.05) is 6.07 Å². The molecule has 1 aromatic heterocycles. The second-order valence-corrected chi connectivity index (χ2v) is 9.85. The van der Waals surface area contributed by atoms with Gasteiger partial charge in [-0.2, -0.15) is 0 Å². The predicted molar refractivity (Wildman–Crippen MR) is 122 cm³/mol. The molecule has 0 spiro atoms. The second-order valence-electron chi connectivity index (χ2n) is 8.83. The molecule has 0 fully saturated rings. The molecule has 1 aromatic carbocycles. The third-order valence-electron chi connectivity index (χ3n) is 5.29. The lowest BCUT2D eigenvalue weighted by Crippen LogP contribution is -2.55. The van der Waals surface area contributed by atoms with Gasteiger partial charge in [0.1, 0.15) is 5.00 Å². The van der Waals surface area contributed by atoms with E-state index >= 15 is 0 Å². The summed E-state index contributed by atoms with van der Waals surface area (Å²) < 4.78 is 15.7. The van der Waals surface area contributed by atoms with Crippen molar-refractivity contribution in [3.8, 4) is 11.5 Å². The lowest BCUT2D eigenvalue weighted by Gasteiger charge is -2.42. The summed E-state index contributed by atoms with van der Waals surface area (Å²) in [7, 11) is 1.36. The van der Waals surface area contributed by atoms with Crippen molar-refractivity contribution in [2.45, 2.75) is 51.6 Å². The number of fused-ring (bicyclic) bond motifs is 2. The minimum Gasteiger partial charge on any atom is -0.465 e. The molecule has 9 heteroatoms. The average molecular weight is 467 g/mol. The minimum atomic E-state index is -0.431. The van der Waals surface area contributed by atoms with Crippen molar-refractivity contribution in [3.05, 3.63) is 39.8 Å². The maximum Gasteiger partial charge on any atom is 0.341 e. The van der Waals surface area contributed by atoms with E-state index in [-0.39, 0.29) is 42.6 Å². The van der Waals surface area contributed by atoms with E-state index in [1.165, 1.54) is 18.4 Å². The van der Waals surface area contributed by atoms with E-state index < -0.39 is 5.97 Å². The lowest BCUT2D eigenvalue weighted by molar-refractivity contribution is -0.115. The Kier molecular flexibility index (Phi) is 6.28. The normalized spacial score (nSPS) is 17.3. The summed E-state index contributed by atoms with van der Waals surface area (Å²) in [6, 6.07) is 5.44. The van der Waals surface area contributed by atoms with Gasteiger partial charge < -0.3 is 24.8 Å². The SMILES string of the molecule is COC(=O)c1c(NC(=O)Cc2ccc3c(c2)OCO3)sc2c1CC(C)(C)NC2(C)C.Cl. The summed E-state index contributed by atoms with van der Waals surface area (Å²) >= 11 is 1.43. The zero-order valence-corrected chi connectivity index (χ0v) is 19.8. The Hall–Kier alpha value is -2.29. The summed E-state index contributed by atoms with van der Waals surface area (Å²) in [6.45, 7) is 8.57. The summed E-state index contributed by atoms with van der Waals surface area (Å²) in [5.41, 5.74) is 1.69. The third kappa shape index (κ3) is 4.51. The molecule has 2 aliphatic heterocycles. The first-order valence-electron chi connectivity index (χ1n) is 9.82. The van der Waals surface area contributed by atoms with Crippen LogP contribution in [0.25, 0.3) is 0 Å². The molecular weight excluding hydrogens is 440 g/mol. The third-order valence-corrected chi connectivity index (χ3v) is 6.76. The average Bonchev–Trinajstić information content (AvgIpc) is 3.24. The number of carbonyl (C=O) groups is 2. The van der Waals surface area contributed by atoms with E-state index in [2.05, 4.69) is 38.3 Å². The molecule has 0 radical (unpaired) electrons. The number of hydrogen-bond donors (Lipinski definition) is 2. The molecule has 1 amide bonds. The van der Waals surface area contributed by atoms with Crippen LogP contribution >= 0.6 is 23.7 Å². The van der Waals surface area contributed by atoms with Gasteiger partial charge in [-0.05, 0) is 57.4 Å². The number of methoxy groups -OCH3 is 1. The number of rotatable bonds is 4. The molecule has 2 N–H and O–H groups in total. The standard InChI is InChI=1S/C22H26N2O5S.ClH/c1-21(2)10-13-17(20(26)27-5)19(30-18(13)22(3,4)24-21)23-16(25)9-12-6-7-14-15(8-12)29-11-28-14;/h6-8,24H,9-11H2,1-5H3,(H,23,25);1H. The summed E-state index contributed by atoms with van der Waals surface area (Å²) in [6.07, 6.45) is 0.831. The fourth-order valence-electron chi connectivity index (χ4n) is 4.34. The van der Waals surface area contributed by atoms with Gasteiger partial charge in [0.25, 0.3) is 0 Å². The Morgan fingerprint density at radius 3 is 2.61 bits per heavy atom. The van der Waals surface area contributed by atoms with Crippen molar-refractivity contribution < 1.29 is 23.8 Å². The first-order chi connectivity index (χ1) is 14.1. The first kappa shape index (κ1) is 23.4. The van der Waals surface area contributed by atoms with Gasteiger partial charge in [0.05, 0.1) is 19.1 Å². The molecule has 0 atom stereocenters. The van der Waals surface area contributed by atoms with Gasteiger partial charge in [-0.25, -0.2) is 4.79 Å². The van der Waals surface area contributed by atoms with Gasteiger partial charge in [-0.3, -0.25) is 4.79 Å². The van der Waals surface area contributed by atoms with Crippen molar-refractivity contribution in [1.29, 1.82) is 0 Å². The van der Waals surface area contributed by atoms with Crippen LogP contribution in [0.3, 0.4) is 0 Å². The van der Waals surface area contributed by atoms with Gasteiger partial charge in [0.15, 0.2) is 11.5 Å². The van der Waals surface area contributed by atoms with Crippen molar-refractivity contribution in [2.24, 2.45) is 0 Å². The topological polar surface area (TPSA) is 85.9 Å². The number of hydrogen-bond acceptors (Lipinski definition) is 7. The van der Waals surface area contributed by atoms with Crippen LogP contribution in [0.2, 0.25) is 0 Å². The molecule has 0 aliphatic carbocycles. The maximum absolute atomic E-state index is 12.8. The van der Waals surface area contributed by atoms with E-state index in [0.29, 0.717) is 28.5 Å². The molecule has 0 bridgehead atoms. The number of benzene rings is 1. The zero-order valence-electron chi connectivity index (χ0n) is 18.2. The highest BCUT2D eigenvalue weighted by molar-refractivity contribution is 7.17. The molecule has 0 saturated carbocycles. The molecule has 2 aliphatic rings. The number of amides is 1. The Balaban J connectivity index is 0.00000272. The van der Waals surface area contributed by atoms with E-state index in [9.17, 15) is 9.59 Å². The minimum absolute atomic E-state index is 0. The van der Waals surface area contributed by atoms with Crippen LogP contribution in [-0.4, -0.2) is 31.3 Å². The smallest absolute Gasteiger partial charge is 0.341 e. The van der Waals surface area contributed by atoms with E-state index in [1.54, 1.807) is 12.1 Å². The Morgan fingerprint density at radius 2 is 1.90 bits per heavy atom. The van der Waals surface area contributed by atoms with Crippen LogP contribution < -0.4 is 20.1 Å². The molecule has 3 heterocycles. The molecule has 4 rings (SSSR count). The zero-order chi connectivity index (χ0) is 21.7. The number of carbonyl (C=O) groups excluding carboxylic acids is 2. The molecule has 0 unspecified atom stereocenters. The van der Waals surface area contributed by atoms with Gasteiger partial charge in [0, 0.05) is 16.0 Å². The van der Waals surface area contributed by atoms with Crippen LogP contribution in [0.4, 0.5) is 5.00 Å². The van der Waals surface area contributed by atoms with E-state index in [4.69, 9.17) is 14.2 Å². The highest BCUT2D eigenvalue weighted by Crippen LogP contribution is 2.45. The lowest BCUT2D eigenvalue weighted by atomic mass is 9.81. The number of anilines is 1. The van der Waals surface area contributed by atoms with Crippen LogP contribution in [0.5, 0.6) is 11.5 Å². The fourth-order valence-corrected chi connectivity index (χ4v) is 5.62. The fraction of sp³-hybridized carbons (Fsp3) is 0.455. The van der Waals surface area contributed by atoms with Crippen molar-refractivity contribution >= 4 is 40.6 Å². The van der Waals surface area contributed by atoms with Crippen LogP contribution in [-0.2, 0) is 27.9 Å². The first-order valence-corrected chi connectivity index (χ1v) is 10.6.